The van der Waals surface area contributed by atoms with Crippen molar-refractivity contribution >= 4 is 0 Å². The lowest BCUT2D eigenvalue weighted by Gasteiger charge is -1.93. The molecule has 0 atom stereocenters. The summed E-state index contributed by atoms with van der Waals surface area (Å²) in [6, 6.07) is 25.3. The van der Waals surface area contributed by atoms with Crippen LogP contribution in [0.1, 0.15) is 48.2 Å². The van der Waals surface area contributed by atoms with Crippen LogP contribution in [0.5, 0.6) is 0 Å². The Labute approximate surface area is 162 Å². The fraction of sp³-hybridized carbons (Fsp3) is 0.308. The van der Waals surface area contributed by atoms with Gasteiger partial charge < -0.3 is 0 Å². The second kappa shape index (κ2) is 13.9. The van der Waals surface area contributed by atoms with Crippen molar-refractivity contribution in [3.8, 4) is 0 Å². The molecule has 0 saturated carbocycles. The number of hydrogen-bond donors (Lipinski definition) is 0. The molecule has 0 saturated heterocycles. The highest BCUT2D eigenvalue weighted by Gasteiger charge is 1.84. The molecule has 3 aromatic rings. The average molecular weight is 351 g/mol. The van der Waals surface area contributed by atoms with Gasteiger partial charge in [-0.1, -0.05) is 110 Å². The summed E-state index contributed by atoms with van der Waals surface area (Å²) in [6.45, 7) is 12.6. The van der Waals surface area contributed by atoms with Crippen molar-refractivity contribution in [1.82, 2.24) is 0 Å². The lowest BCUT2D eigenvalue weighted by atomic mass is 10.1. The Balaban J connectivity index is 0. The van der Waals surface area contributed by atoms with Gasteiger partial charge in [-0.15, -0.1) is 0 Å². The lowest BCUT2D eigenvalue weighted by Crippen LogP contribution is -1.74. The summed E-state index contributed by atoms with van der Waals surface area (Å²) in [7, 11) is 0. The molecule has 0 heteroatoms. The summed E-state index contributed by atoms with van der Waals surface area (Å²) in [5.41, 5.74) is 8.07. The van der Waals surface area contributed by atoms with Crippen LogP contribution in [0.3, 0.4) is 0 Å². The van der Waals surface area contributed by atoms with E-state index in [0.717, 1.165) is 0 Å². The summed E-state index contributed by atoms with van der Waals surface area (Å²) < 4.78 is 0. The van der Waals surface area contributed by atoms with E-state index in [4.69, 9.17) is 0 Å². The quantitative estimate of drug-likeness (QED) is 0.383. The van der Waals surface area contributed by atoms with Gasteiger partial charge in [0, 0.05) is 0 Å². The third-order valence-electron chi connectivity index (χ3n) is 3.82. The van der Waals surface area contributed by atoms with Gasteiger partial charge in [-0.3, -0.25) is 0 Å². The molecule has 3 rings (SSSR count). The predicted octanol–water partition coefficient (Wildman–Crippen LogP) is 8.18. The molecule has 26 heavy (non-hydrogen) atoms. The molecule has 0 nitrogen and oxygen atoms in total. The predicted molar refractivity (Wildman–Crippen MR) is 121 cm³/mol. The van der Waals surface area contributed by atoms with Crippen LogP contribution in [0.25, 0.3) is 0 Å². The van der Waals surface area contributed by atoms with Gasteiger partial charge in [-0.25, -0.2) is 0 Å². The molecule has 0 unspecified atom stereocenters. The van der Waals surface area contributed by atoms with Crippen molar-refractivity contribution in [2.75, 3.05) is 0 Å². The normalized spacial score (nSPS) is 8.54. The van der Waals surface area contributed by atoms with Gasteiger partial charge in [-0.05, 0) is 52.7 Å². The molecular formula is C26H38. The number of rotatable bonds is 0. The minimum Gasteiger partial charge on any atom is -0.0776 e. The van der Waals surface area contributed by atoms with E-state index in [1.54, 1.807) is 0 Å². The largest absolute Gasteiger partial charge is 0.0776 e. The third-order valence-corrected chi connectivity index (χ3v) is 3.82. The Morgan fingerprint density at radius 3 is 0.962 bits per heavy atom. The molecule has 0 fully saturated rings. The summed E-state index contributed by atoms with van der Waals surface area (Å²) in [5, 5.41) is 0. The molecule has 0 aliphatic rings. The Hall–Kier alpha value is -2.34. The van der Waals surface area contributed by atoms with Crippen LogP contribution in [0.4, 0.5) is 0 Å². The standard InChI is InChI=1S/3C8H10.2CH4/c1-7-3-5-8(2)6-4-7;1-7-4-3-5-8(2)6-7;1-7-5-3-4-6-8(7)2;;/h3*3-6H,1-2H3;2*1H4. The van der Waals surface area contributed by atoms with Gasteiger partial charge in [0.2, 0.25) is 0 Å². The lowest BCUT2D eigenvalue weighted by molar-refractivity contribution is 1.34. The van der Waals surface area contributed by atoms with E-state index in [1.165, 1.54) is 33.4 Å². The van der Waals surface area contributed by atoms with Crippen molar-refractivity contribution in [3.05, 3.63) is 106 Å². The zero-order chi connectivity index (χ0) is 17.9. The molecule has 0 amide bonds. The van der Waals surface area contributed by atoms with E-state index in [9.17, 15) is 0 Å². The van der Waals surface area contributed by atoms with Crippen LogP contribution >= 0.6 is 0 Å². The van der Waals surface area contributed by atoms with Gasteiger partial charge in [0.25, 0.3) is 0 Å². The first-order valence-electron chi connectivity index (χ1n) is 8.47. The fourth-order valence-electron chi connectivity index (χ4n) is 2.11. The maximum absolute atomic E-state index is 2.17. The molecule has 0 N–H and O–H groups in total. The topological polar surface area (TPSA) is 0 Å². The highest BCUT2D eigenvalue weighted by Crippen LogP contribution is 2.03. The van der Waals surface area contributed by atoms with E-state index >= 15 is 0 Å². The maximum atomic E-state index is 2.17. The number of hydrogen-bond acceptors (Lipinski definition) is 0. The van der Waals surface area contributed by atoms with E-state index in [0.29, 0.717) is 0 Å². The molecule has 0 aliphatic heterocycles. The maximum Gasteiger partial charge on any atom is -0.0395 e. The average Bonchev–Trinajstić information content (AvgIpc) is 2.54. The van der Waals surface area contributed by atoms with E-state index < -0.39 is 0 Å². The van der Waals surface area contributed by atoms with Crippen LogP contribution in [-0.2, 0) is 0 Å². The molecule has 0 radical (unpaired) electrons. The zero-order valence-corrected chi connectivity index (χ0v) is 15.9. The molecule has 0 spiro atoms. The van der Waals surface area contributed by atoms with E-state index in [1.807, 2.05) is 0 Å². The van der Waals surface area contributed by atoms with Crippen molar-refractivity contribution in [2.45, 2.75) is 56.4 Å². The molecular weight excluding hydrogens is 312 g/mol. The fourth-order valence-corrected chi connectivity index (χ4v) is 2.11. The third kappa shape index (κ3) is 11.3. The second-order valence-corrected chi connectivity index (χ2v) is 6.40. The van der Waals surface area contributed by atoms with Gasteiger partial charge in [0.05, 0.1) is 0 Å². The van der Waals surface area contributed by atoms with Crippen LogP contribution in [0, 0.1) is 41.5 Å². The number of aryl methyl sites for hydroxylation is 6. The van der Waals surface area contributed by atoms with E-state index in [2.05, 4.69) is 114 Å². The van der Waals surface area contributed by atoms with Crippen molar-refractivity contribution in [1.29, 1.82) is 0 Å². The summed E-state index contributed by atoms with van der Waals surface area (Å²) in [4.78, 5) is 0. The summed E-state index contributed by atoms with van der Waals surface area (Å²) >= 11 is 0. The van der Waals surface area contributed by atoms with Crippen LogP contribution in [-0.4, -0.2) is 0 Å². The molecule has 0 aliphatic carbocycles. The summed E-state index contributed by atoms with van der Waals surface area (Å²) in [5.74, 6) is 0. The molecule has 0 aromatic heterocycles. The first kappa shape index (κ1) is 25.9. The van der Waals surface area contributed by atoms with Gasteiger partial charge in [-0.2, -0.15) is 0 Å². The Morgan fingerprint density at radius 1 is 0.385 bits per heavy atom. The Bertz CT molecular complexity index is 662. The zero-order valence-electron chi connectivity index (χ0n) is 15.9. The molecule has 3 aromatic carbocycles. The van der Waals surface area contributed by atoms with Crippen molar-refractivity contribution < 1.29 is 0 Å². The van der Waals surface area contributed by atoms with Crippen LogP contribution < -0.4 is 0 Å². The van der Waals surface area contributed by atoms with Gasteiger partial charge >= 0.3 is 0 Å². The highest BCUT2D eigenvalue weighted by atomic mass is 13.9. The first-order valence-corrected chi connectivity index (χ1v) is 8.47. The molecule has 0 bridgehead atoms. The summed E-state index contributed by atoms with van der Waals surface area (Å²) in [6.07, 6.45) is 0. The van der Waals surface area contributed by atoms with Crippen LogP contribution in [0.2, 0.25) is 0 Å². The van der Waals surface area contributed by atoms with E-state index in [-0.39, 0.29) is 14.9 Å². The Morgan fingerprint density at radius 2 is 0.731 bits per heavy atom. The van der Waals surface area contributed by atoms with Crippen molar-refractivity contribution in [2.24, 2.45) is 0 Å². The molecule has 0 heterocycles. The smallest absolute Gasteiger partial charge is 0.0395 e. The SMILES string of the molecule is C.C.Cc1ccc(C)cc1.Cc1cccc(C)c1.Cc1ccccc1C. The van der Waals surface area contributed by atoms with Gasteiger partial charge in [0.1, 0.15) is 0 Å². The monoisotopic (exact) mass is 350 g/mol. The van der Waals surface area contributed by atoms with Crippen LogP contribution in [0.15, 0.2) is 72.8 Å². The van der Waals surface area contributed by atoms with Crippen molar-refractivity contribution in [3.63, 3.8) is 0 Å². The molecule has 142 valence electrons. The van der Waals surface area contributed by atoms with Gasteiger partial charge in [0.15, 0.2) is 0 Å². The minimum atomic E-state index is 0. The minimum absolute atomic E-state index is 0. The Kier molecular flexibility index (Phi) is 13.8. The number of benzene rings is 3. The second-order valence-electron chi connectivity index (χ2n) is 6.40. The highest BCUT2D eigenvalue weighted by molar-refractivity contribution is 5.23. The first-order chi connectivity index (χ1) is 11.4.